The Morgan fingerprint density at radius 2 is 1.61 bits per heavy atom. The van der Waals surface area contributed by atoms with Crippen LogP contribution in [0.25, 0.3) is 0 Å². The van der Waals surface area contributed by atoms with E-state index < -0.39 is 0 Å². The van der Waals surface area contributed by atoms with Gasteiger partial charge in [-0.15, -0.1) is 0 Å². The fourth-order valence-corrected chi connectivity index (χ4v) is 3.34. The van der Waals surface area contributed by atoms with Crippen molar-refractivity contribution >= 4 is 17.6 Å². The van der Waals surface area contributed by atoms with Crippen molar-refractivity contribution < 1.29 is 9.59 Å². The van der Waals surface area contributed by atoms with E-state index in [4.69, 9.17) is 0 Å². The van der Waals surface area contributed by atoms with Gasteiger partial charge in [-0.3, -0.25) is 9.69 Å². The van der Waals surface area contributed by atoms with Crippen molar-refractivity contribution in [3.8, 4) is 0 Å². The van der Waals surface area contributed by atoms with Crippen LogP contribution in [0.15, 0.2) is 54.6 Å². The third-order valence-corrected chi connectivity index (χ3v) is 4.99. The predicted octanol–water partition coefficient (Wildman–Crippen LogP) is 2.71. The molecule has 6 heteroatoms. The van der Waals surface area contributed by atoms with Crippen molar-refractivity contribution in [2.24, 2.45) is 0 Å². The first-order valence-electron chi connectivity index (χ1n) is 9.82. The van der Waals surface area contributed by atoms with E-state index in [9.17, 15) is 9.59 Å². The van der Waals surface area contributed by atoms with Crippen LogP contribution < -0.4 is 10.6 Å². The van der Waals surface area contributed by atoms with Gasteiger partial charge in [-0.25, -0.2) is 4.79 Å². The van der Waals surface area contributed by atoms with Crippen LogP contribution in [0.4, 0.5) is 10.5 Å². The standard InChI is InChI=1S/C22H28N4O2/c1-2-19-10-6-7-11-20(19)24-21(27)17-25-12-14-26(15-13-25)22(28)23-16-18-8-4-3-5-9-18/h3-11H,2,12-17H2,1H3,(H,23,28)(H,24,27). The molecule has 2 aromatic carbocycles. The molecule has 0 bridgehead atoms. The van der Waals surface area contributed by atoms with E-state index in [1.807, 2.05) is 59.5 Å². The molecule has 0 radical (unpaired) electrons. The first kappa shape index (κ1) is 19.9. The summed E-state index contributed by atoms with van der Waals surface area (Å²) in [6, 6.07) is 17.7. The van der Waals surface area contributed by atoms with E-state index in [1.54, 1.807) is 0 Å². The van der Waals surface area contributed by atoms with E-state index in [2.05, 4.69) is 22.5 Å². The number of hydrogen-bond acceptors (Lipinski definition) is 3. The summed E-state index contributed by atoms with van der Waals surface area (Å²) in [5.41, 5.74) is 3.10. The summed E-state index contributed by atoms with van der Waals surface area (Å²) in [5.74, 6) is -0.0112. The van der Waals surface area contributed by atoms with Gasteiger partial charge in [0.2, 0.25) is 5.91 Å². The number of rotatable bonds is 6. The van der Waals surface area contributed by atoms with E-state index in [0.29, 0.717) is 39.3 Å². The summed E-state index contributed by atoms with van der Waals surface area (Å²) in [6.45, 7) is 5.59. The van der Waals surface area contributed by atoms with Gasteiger partial charge in [0.1, 0.15) is 0 Å². The lowest BCUT2D eigenvalue weighted by molar-refractivity contribution is -0.117. The van der Waals surface area contributed by atoms with Gasteiger partial charge >= 0.3 is 6.03 Å². The molecule has 6 nitrogen and oxygen atoms in total. The number of urea groups is 1. The second kappa shape index (κ2) is 9.90. The molecule has 1 aliphatic heterocycles. The van der Waals surface area contributed by atoms with Crippen molar-refractivity contribution in [3.05, 3.63) is 65.7 Å². The zero-order valence-corrected chi connectivity index (χ0v) is 16.4. The number of para-hydroxylation sites is 1. The number of aryl methyl sites for hydroxylation is 1. The van der Waals surface area contributed by atoms with Crippen molar-refractivity contribution in [2.75, 3.05) is 38.0 Å². The highest BCUT2D eigenvalue weighted by Gasteiger charge is 2.22. The zero-order chi connectivity index (χ0) is 19.8. The highest BCUT2D eigenvalue weighted by atomic mass is 16.2. The summed E-state index contributed by atoms with van der Waals surface area (Å²) in [4.78, 5) is 28.6. The second-order valence-electron chi connectivity index (χ2n) is 6.97. The Morgan fingerprint density at radius 1 is 0.929 bits per heavy atom. The molecule has 1 aliphatic rings. The molecule has 0 aliphatic carbocycles. The normalized spacial score (nSPS) is 14.5. The minimum absolute atomic E-state index is 0.0112. The van der Waals surface area contributed by atoms with Gasteiger partial charge in [0.05, 0.1) is 6.54 Å². The fourth-order valence-electron chi connectivity index (χ4n) is 3.34. The van der Waals surface area contributed by atoms with Crippen LogP contribution in [-0.4, -0.2) is 54.5 Å². The van der Waals surface area contributed by atoms with E-state index in [-0.39, 0.29) is 11.9 Å². The van der Waals surface area contributed by atoms with E-state index >= 15 is 0 Å². The Labute approximate surface area is 166 Å². The molecular formula is C22H28N4O2. The van der Waals surface area contributed by atoms with Crippen LogP contribution in [-0.2, 0) is 17.8 Å². The number of anilines is 1. The summed E-state index contributed by atoms with van der Waals surface area (Å²) in [6.07, 6.45) is 0.882. The van der Waals surface area contributed by atoms with Crippen LogP contribution in [0.2, 0.25) is 0 Å². The number of nitrogens with one attached hydrogen (secondary N) is 2. The zero-order valence-electron chi connectivity index (χ0n) is 16.4. The molecule has 2 aromatic rings. The highest BCUT2D eigenvalue weighted by Crippen LogP contribution is 2.15. The molecule has 1 saturated heterocycles. The maximum Gasteiger partial charge on any atom is 0.317 e. The Kier molecular flexibility index (Phi) is 7.03. The van der Waals surface area contributed by atoms with Crippen molar-refractivity contribution in [3.63, 3.8) is 0 Å². The minimum Gasteiger partial charge on any atom is -0.334 e. The first-order valence-corrected chi connectivity index (χ1v) is 9.82. The fraction of sp³-hybridized carbons (Fsp3) is 0.364. The highest BCUT2D eigenvalue weighted by molar-refractivity contribution is 5.93. The van der Waals surface area contributed by atoms with Crippen LogP contribution in [0.3, 0.4) is 0 Å². The SMILES string of the molecule is CCc1ccccc1NC(=O)CN1CCN(C(=O)NCc2ccccc2)CC1. The maximum atomic E-state index is 12.4. The smallest absolute Gasteiger partial charge is 0.317 e. The Bertz CT molecular complexity index is 786. The summed E-state index contributed by atoms with van der Waals surface area (Å²) in [5, 5.41) is 5.97. The maximum absolute atomic E-state index is 12.4. The van der Waals surface area contributed by atoms with Crippen LogP contribution in [0.5, 0.6) is 0 Å². The summed E-state index contributed by atoms with van der Waals surface area (Å²) >= 11 is 0. The molecular weight excluding hydrogens is 352 g/mol. The van der Waals surface area contributed by atoms with Gasteiger partial charge in [-0.05, 0) is 23.6 Å². The average molecular weight is 380 g/mol. The predicted molar refractivity (Wildman–Crippen MR) is 111 cm³/mol. The lowest BCUT2D eigenvalue weighted by Gasteiger charge is -2.34. The molecule has 1 heterocycles. The third-order valence-electron chi connectivity index (χ3n) is 4.99. The van der Waals surface area contributed by atoms with E-state index in [1.165, 1.54) is 0 Å². The quantitative estimate of drug-likeness (QED) is 0.810. The monoisotopic (exact) mass is 380 g/mol. The third kappa shape index (κ3) is 5.57. The molecule has 148 valence electrons. The molecule has 2 N–H and O–H groups in total. The number of amides is 3. The van der Waals surface area contributed by atoms with Crippen LogP contribution >= 0.6 is 0 Å². The van der Waals surface area contributed by atoms with Gasteiger partial charge in [-0.1, -0.05) is 55.5 Å². The van der Waals surface area contributed by atoms with Gasteiger partial charge in [0.25, 0.3) is 0 Å². The van der Waals surface area contributed by atoms with Crippen molar-refractivity contribution in [1.29, 1.82) is 0 Å². The molecule has 28 heavy (non-hydrogen) atoms. The minimum atomic E-state index is -0.0511. The molecule has 0 atom stereocenters. The van der Waals surface area contributed by atoms with Crippen molar-refractivity contribution in [1.82, 2.24) is 15.1 Å². The lowest BCUT2D eigenvalue weighted by atomic mass is 10.1. The topological polar surface area (TPSA) is 64.7 Å². The van der Waals surface area contributed by atoms with Crippen molar-refractivity contribution in [2.45, 2.75) is 19.9 Å². The molecule has 0 saturated carbocycles. The summed E-state index contributed by atoms with van der Waals surface area (Å²) < 4.78 is 0. The number of benzene rings is 2. The largest absolute Gasteiger partial charge is 0.334 e. The van der Waals surface area contributed by atoms with Gasteiger partial charge < -0.3 is 15.5 Å². The van der Waals surface area contributed by atoms with Gasteiger partial charge in [0.15, 0.2) is 0 Å². The first-order chi connectivity index (χ1) is 13.7. The van der Waals surface area contributed by atoms with Crippen LogP contribution in [0.1, 0.15) is 18.1 Å². The van der Waals surface area contributed by atoms with E-state index in [0.717, 1.165) is 23.2 Å². The van der Waals surface area contributed by atoms with Gasteiger partial charge in [0, 0.05) is 38.4 Å². The number of carbonyl (C=O) groups excluding carboxylic acids is 2. The molecule has 0 unspecified atom stereocenters. The Hall–Kier alpha value is -2.86. The van der Waals surface area contributed by atoms with Gasteiger partial charge in [-0.2, -0.15) is 0 Å². The second-order valence-corrected chi connectivity index (χ2v) is 6.97. The molecule has 3 rings (SSSR count). The molecule has 0 spiro atoms. The molecule has 1 fully saturated rings. The number of piperazine rings is 1. The summed E-state index contributed by atoms with van der Waals surface area (Å²) in [7, 11) is 0. The number of carbonyl (C=O) groups is 2. The Balaban J connectivity index is 1.41. The lowest BCUT2D eigenvalue weighted by Crippen LogP contribution is -2.52. The Morgan fingerprint density at radius 3 is 2.32 bits per heavy atom. The van der Waals surface area contributed by atoms with Crippen LogP contribution in [0, 0.1) is 0 Å². The molecule has 0 aromatic heterocycles. The number of hydrogen-bond donors (Lipinski definition) is 2. The molecule has 3 amide bonds. The average Bonchev–Trinajstić information content (AvgIpc) is 2.73. The number of nitrogens with zero attached hydrogens (tertiary/aromatic N) is 2.